The highest BCUT2D eigenvalue weighted by Crippen LogP contribution is 2.48. The minimum atomic E-state index is -0.718. The average Bonchev–Trinajstić information content (AvgIpc) is 2.26. The second kappa shape index (κ2) is 4.30. The van der Waals surface area contributed by atoms with Crippen molar-refractivity contribution >= 4 is 6.08 Å². The van der Waals surface area contributed by atoms with Crippen LogP contribution in [0.5, 0.6) is 5.75 Å². The minimum absolute atomic E-state index is 0.331. The topological polar surface area (TPSA) is 38.7 Å². The summed E-state index contributed by atoms with van der Waals surface area (Å²) in [6.07, 6.45) is 3.89. The summed E-state index contributed by atoms with van der Waals surface area (Å²) < 4.78 is 19.1. The van der Waals surface area contributed by atoms with Crippen LogP contribution in [-0.2, 0) is 10.3 Å². The molecule has 0 bridgehead atoms. The zero-order valence-electron chi connectivity index (χ0n) is 9.92. The Morgan fingerprint density at radius 3 is 2.65 bits per heavy atom. The molecule has 2 rings (SSSR count). The van der Waals surface area contributed by atoms with Gasteiger partial charge in [0.15, 0.2) is 0 Å². The molecule has 1 saturated carbocycles. The van der Waals surface area contributed by atoms with Gasteiger partial charge in [-0.25, -0.2) is 9.18 Å². The number of methoxy groups -OCH3 is 1. The summed E-state index contributed by atoms with van der Waals surface area (Å²) in [5.74, 6) is 0.288. The van der Waals surface area contributed by atoms with Crippen molar-refractivity contribution in [2.45, 2.75) is 31.7 Å². The van der Waals surface area contributed by atoms with E-state index in [4.69, 9.17) is 4.74 Å². The van der Waals surface area contributed by atoms with E-state index in [-0.39, 0.29) is 5.82 Å². The lowest BCUT2D eigenvalue weighted by atomic mass is 9.70. The molecule has 17 heavy (non-hydrogen) atoms. The van der Waals surface area contributed by atoms with Gasteiger partial charge in [-0.15, -0.1) is 0 Å². The average molecular weight is 235 g/mol. The van der Waals surface area contributed by atoms with Crippen molar-refractivity contribution in [1.29, 1.82) is 0 Å². The van der Waals surface area contributed by atoms with Crippen LogP contribution in [0.4, 0.5) is 4.39 Å². The number of rotatable bonds is 3. The second-order valence-corrected chi connectivity index (χ2v) is 4.34. The van der Waals surface area contributed by atoms with E-state index >= 15 is 0 Å². The SMILES string of the molecule is COc1ccc(F)c(C2(N=C=O)CCC2)c1C. The molecule has 0 spiro atoms. The summed E-state index contributed by atoms with van der Waals surface area (Å²) in [7, 11) is 1.54. The number of isocyanates is 1. The Hall–Kier alpha value is -1.67. The van der Waals surface area contributed by atoms with Crippen molar-refractivity contribution in [3.8, 4) is 5.75 Å². The summed E-state index contributed by atoms with van der Waals surface area (Å²) in [5, 5.41) is 0. The highest BCUT2D eigenvalue weighted by molar-refractivity contribution is 5.47. The Morgan fingerprint density at radius 2 is 2.18 bits per heavy atom. The lowest BCUT2D eigenvalue weighted by Gasteiger charge is -2.38. The van der Waals surface area contributed by atoms with Crippen LogP contribution in [0.15, 0.2) is 17.1 Å². The van der Waals surface area contributed by atoms with Crippen molar-refractivity contribution in [1.82, 2.24) is 0 Å². The fraction of sp³-hybridized carbons (Fsp3) is 0.462. The van der Waals surface area contributed by atoms with Crippen LogP contribution >= 0.6 is 0 Å². The van der Waals surface area contributed by atoms with Gasteiger partial charge in [0, 0.05) is 5.56 Å². The summed E-state index contributed by atoms with van der Waals surface area (Å²) >= 11 is 0. The lowest BCUT2D eigenvalue weighted by molar-refractivity contribution is 0.245. The molecule has 90 valence electrons. The normalized spacial score (nSPS) is 16.9. The van der Waals surface area contributed by atoms with Crippen molar-refractivity contribution in [3.05, 3.63) is 29.1 Å². The molecule has 0 aliphatic heterocycles. The first-order valence-corrected chi connectivity index (χ1v) is 5.57. The van der Waals surface area contributed by atoms with E-state index in [0.717, 1.165) is 6.42 Å². The van der Waals surface area contributed by atoms with Crippen LogP contribution in [0.1, 0.15) is 30.4 Å². The Bertz CT molecular complexity index is 488. The Kier molecular flexibility index (Phi) is 2.99. The van der Waals surface area contributed by atoms with Gasteiger partial charge in [-0.05, 0) is 43.9 Å². The smallest absolute Gasteiger partial charge is 0.235 e. The maximum atomic E-state index is 14.0. The van der Waals surface area contributed by atoms with Crippen LogP contribution in [0.3, 0.4) is 0 Å². The Labute approximate surface area is 99.3 Å². The van der Waals surface area contributed by atoms with Gasteiger partial charge >= 0.3 is 0 Å². The number of aliphatic imine (C=N–C) groups is 1. The van der Waals surface area contributed by atoms with E-state index in [1.165, 1.54) is 6.07 Å². The molecule has 0 aromatic heterocycles. The Morgan fingerprint density at radius 1 is 1.47 bits per heavy atom. The molecule has 1 aliphatic carbocycles. The summed E-state index contributed by atoms with van der Waals surface area (Å²) in [6.45, 7) is 1.79. The van der Waals surface area contributed by atoms with Crippen molar-refractivity contribution in [2.75, 3.05) is 7.11 Å². The molecule has 0 amide bonds. The van der Waals surface area contributed by atoms with Gasteiger partial charge in [0.2, 0.25) is 6.08 Å². The monoisotopic (exact) mass is 235 g/mol. The van der Waals surface area contributed by atoms with Crippen LogP contribution in [0.25, 0.3) is 0 Å². The summed E-state index contributed by atoms with van der Waals surface area (Å²) in [4.78, 5) is 14.3. The summed E-state index contributed by atoms with van der Waals surface area (Å²) in [5.41, 5.74) is 0.474. The first-order valence-electron chi connectivity index (χ1n) is 5.57. The number of nitrogens with zero attached hydrogens (tertiary/aromatic N) is 1. The van der Waals surface area contributed by atoms with E-state index in [2.05, 4.69) is 4.99 Å². The fourth-order valence-corrected chi connectivity index (χ4v) is 2.47. The molecule has 0 N–H and O–H groups in total. The maximum Gasteiger partial charge on any atom is 0.235 e. The van der Waals surface area contributed by atoms with E-state index in [0.29, 0.717) is 29.7 Å². The molecule has 0 heterocycles. The Balaban J connectivity index is 2.61. The number of halogens is 1. The fourth-order valence-electron chi connectivity index (χ4n) is 2.47. The van der Waals surface area contributed by atoms with Gasteiger partial charge < -0.3 is 4.74 Å². The van der Waals surface area contributed by atoms with Gasteiger partial charge in [-0.3, -0.25) is 0 Å². The van der Waals surface area contributed by atoms with Crippen LogP contribution in [0.2, 0.25) is 0 Å². The van der Waals surface area contributed by atoms with Crippen molar-refractivity contribution in [2.24, 2.45) is 4.99 Å². The van der Waals surface area contributed by atoms with Gasteiger partial charge in [-0.2, -0.15) is 4.99 Å². The number of carbonyl (C=O) groups excluding carboxylic acids is 1. The lowest BCUT2D eigenvalue weighted by Crippen LogP contribution is -2.34. The molecule has 1 aromatic carbocycles. The first-order chi connectivity index (χ1) is 8.14. The first kappa shape index (κ1) is 11.8. The van der Waals surface area contributed by atoms with Crippen LogP contribution in [0, 0.1) is 12.7 Å². The van der Waals surface area contributed by atoms with E-state index < -0.39 is 5.54 Å². The number of hydrogen-bond donors (Lipinski definition) is 0. The molecule has 4 heteroatoms. The van der Waals surface area contributed by atoms with Gasteiger partial charge in [0.1, 0.15) is 17.1 Å². The third-order valence-corrected chi connectivity index (χ3v) is 3.49. The maximum absolute atomic E-state index is 14.0. The second-order valence-electron chi connectivity index (χ2n) is 4.34. The molecule has 1 aliphatic rings. The largest absolute Gasteiger partial charge is 0.496 e. The molecular formula is C13H14FNO2. The van der Waals surface area contributed by atoms with Gasteiger partial charge in [0.25, 0.3) is 0 Å². The quantitative estimate of drug-likeness (QED) is 0.597. The number of hydrogen-bond acceptors (Lipinski definition) is 3. The van der Waals surface area contributed by atoms with Gasteiger partial charge in [-0.1, -0.05) is 0 Å². The van der Waals surface area contributed by atoms with Crippen LogP contribution < -0.4 is 4.74 Å². The minimum Gasteiger partial charge on any atom is -0.496 e. The molecule has 0 radical (unpaired) electrons. The van der Waals surface area contributed by atoms with Gasteiger partial charge in [0.05, 0.1) is 7.11 Å². The number of ether oxygens (including phenoxy) is 1. The van der Waals surface area contributed by atoms with E-state index in [1.807, 2.05) is 0 Å². The predicted molar refractivity (Wildman–Crippen MR) is 61.3 cm³/mol. The third kappa shape index (κ3) is 1.75. The zero-order valence-corrected chi connectivity index (χ0v) is 9.92. The number of benzene rings is 1. The zero-order chi connectivity index (χ0) is 12.5. The summed E-state index contributed by atoms with van der Waals surface area (Å²) in [6, 6.07) is 2.95. The molecule has 0 saturated heterocycles. The molecular weight excluding hydrogens is 221 g/mol. The molecule has 1 aromatic rings. The molecule has 3 nitrogen and oxygen atoms in total. The highest BCUT2D eigenvalue weighted by Gasteiger charge is 2.42. The van der Waals surface area contributed by atoms with Crippen molar-refractivity contribution in [3.63, 3.8) is 0 Å². The van der Waals surface area contributed by atoms with E-state index in [1.54, 1.807) is 26.2 Å². The molecule has 0 atom stereocenters. The molecule has 0 unspecified atom stereocenters. The third-order valence-electron chi connectivity index (χ3n) is 3.49. The van der Waals surface area contributed by atoms with Crippen LogP contribution in [-0.4, -0.2) is 13.2 Å². The standard InChI is InChI=1S/C13H14FNO2/c1-9-11(17-2)5-4-10(14)12(9)13(15-8-16)6-3-7-13/h4-5H,3,6-7H2,1-2H3. The molecule has 1 fully saturated rings. The highest BCUT2D eigenvalue weighted by atomic mass is 19.1. The van der Waals surface area contributed by atoms with E-state index in [9.17, 15) is 9.18 Å². The predicted octanol–water partition coefficient (Wildman–Crippen LogP) is 2.86. The van der Waals surface area contributed by atoms with Crippen molar-refractivity contribution < 1.29 is 13.9 Å².